The van der Waals surface area contributed by atoms with Crippen LogP contribution in [-0.4, -0.2) is 5.27 Å². The quantitative estimate of drug-likeness (QED) is 0.721. The van der Waals surface area contributed by atoms with Crippen molar-refractivity contribution in [3.63, 3.8) is 0 Å². The van der Waals surface area contributed by atoms with Gasteiger partial charge in [0.05, 0.1) is 0 Å². The van der Waals surface area contributed by atoms with Crippen LogP contribution in [0.25, 0.3) is 5.69 Å². The highest BCUT2D eigenvalue weighted by Gasteiger charge is 2.14. The van der Waals surface area contributed by atoms with E-state index in [-0.39, 0.29) is 0 Å². The summed E-state index contributed by atoms with van der Waals surface area (Å²) in [5, 5.41) is 2.99. The second-order valence-electron chi connectivity index (χ2n) is 2.97. The van der Waals surface area contributed by atoms with Crippen LogP contribution < -0.4 is 10.3 Å². The van der Waals surface area contributed by atoms with E-state index in [2.05, 4.69) is 9.79 Å². The van der Waals surface area contributed by atoms with Gasteiger partial charge in [-0.05, 0) is 28.5 Å². The second kappa shape index (κ2) is 3.31. The Hall–Kier alpha value is -1.55. The smallest absolute Gasteiger partial charge is 0.283 e. The highest BCUT2D eigenvalue weighted by atomic mass is 35.5. The normalized spacial score (nSPS) is 10.4. The first kappa shape index (κ1) is 9.02. The van der Waals surface area contributed by atoms with Crippen LogP contribution in [0.5, 0.6) is 0 Å². The van der Waals surface area contributed by atoms with Crippen molar-refractivity contribution in [3.8, 4) is 5.69 Å². The molecule has 4 nitrogen and oxygen atoms in total. The van der Waals surface area contributed by atoms with Crippen molar-refractivity contribution in [1.29, 1.82) is 0 Å². The third-order valence-corrected chi connectivity index (χ3v) is 2.14. The summed E-state index contributed by atoms with van der Waals surface area (Å²) in [6.45, 7) is 1.94. The predicted octanol–water partition coefficient (Wildman–Crippen LogP) is 1.21. The molecule has 1 aromatic heterocycles. The molecule has 0 aliphatic carbocycles. The van der Waals surface area contributed by atoms with Gasteiger partial charge in [0, 0.05) is 6.07 Å². The summed E-state index contributed by atoms with van der Waals surface area (Å²) in [6.07, 6.45) is 1.29. The minimum absolute atomic E-state index is 0.443. The minimum atomic E-state index is -0.443. The summed E-state index contributed by atoms with van der Waals surface area (Å²) < 4.78 is 5.96. The number of rotatable bonds is 1. The second-order valence-corrected chi connectivity index (χ2v) is 3.37. The summed E-state index contributed by atoms with van der Waals surface area (Å²) in [4.78, 5) is 10.8. The zero-order chi connectivity index (χ0) is 10.1. The van der Waals surface area contributed by atoms with Gasteiger partial charge < -0.3 is 0 Å². The summed E-state index contributed by atoms with van der Waals surface area (Å²) in [5.41, 5.74) is 1.30. The van der Waals surface area contributed by atoms with Crippen molar-refractivity contribution in [2.45, 2.75) is 6.92 Å². The molecule has 0 saturated heterocycles. The van der Waals surface area contributed by atoms with E-state index >= 15 is 0 Å². The standard InChI is InChI=1S/C9H7ClN2O2/c1-6-2-3-8(7(10)4-6)12-5-9(13)14-11-12/h2-5H,1H3/p+1. The summed E-state index contributed by atoms with van der Waals surface area (Å²) in [6, 6.07) is 5.53. The molecule has 0 fully saturated rings. The van der Waals surface area contributed by atoms with Crippen LogP contribution in [0.15, 0.2) is 33.7 Å². The Balaban J connectivity index is 2.57. The number of H-pyrrole nitrogens is 1. The molecule has 2 rings (SSSR count). The average Bonchev–Trinajstić information content (AvgIpc) is 2.51. The number of hydrogen-bond acceptors (Lipinski definition) is 2. The number of aromatic nitrogens is 2. The Bertz CT molecular complexity index is 516. The van der Waals surface area contributed by atoms with Gasteiger partial charge in [-0.1, -0.05) is 17.7 Å². The molecule has 2 aromatic rings. The molecule has 0 radical (unpaired) electrons. The Labute approximate surface area is 84.7 Å². The van der Waals surface area contributed by atoms with E-state index in [9.17, 15) is 4.79 Å². The molecule has 0 aliphatic heterocycles. The van der Waals surface area contributed by atoms with Gasteiger partial charge in [0.1, 0.15) is 5.02 Å². The molecular formula is C9H8ClN2O2+. The fourth-order valence-electron chi connectivity index (χ4n) is 1.18. The number of aryl methyl sites for hydroxylation is 1. The predicted molar refractivity (Wildman–Crippen MR) is 50.6 cm³/mol. The highest BCUT2D eigenvalue weighted by Crippen LogP contribution is 2.16. The van der Waals surface area contributed by atoms with Crippen molar-refractivity contribution >= 4 is 11.6 Å². The molecule has 1 heterocycles. The topological polar surface area (TPSA) is 49.9 Å². The monoisotopic (exact) mass is 211 g/mol. The molecule has 0 spiro atoms. The Morgan fingerprint density at radius 2 is 2.29 bits per heavy atom. The average molecular weight is 212 g/mol. The van der Waals surface area contributed by atoms with Gasteiger partial charge in [-0.25, -0.2) is 4.79 Å². The molecule has 1 aromatic carbocycles. The van der Waals surface area contributed by atoms with Crippen LogP contribution in [0, 0.1) is 6.92 Å². The van der Waals surface area contributed by atoms with Crippen molar-refractivity contribution < 1.29 is 9.20 Å². The molecule has 0 atom stereocenters. The number of hydrogen-bond donors (Lipinski definition) is 1. The lowest BCUT2D eigenvalue weighted by Crippen LogP contribution is -2.32. The van der Waals surface area contributed by atoms with Crippen LogP contribution in [0.3, 0.4) is 0 Å². The molecule has 1 N–H and O–H groups in total. The van der Waals surface area contributed by atoms with E-state index in [1.54, 1.807) is 0 Å². The van der Waals surface area contributed by atoms with Gasteiger partial charge in [-0.15, -0.1) is 0 Å². The van der Waals surface area contributed by atoms with E-state index in [1.165, 1.54) is 10.9 Å². The number of halogens is 1. The lowest BCUT2D eigenvalue weighted by atomic mass is 10.2. The number of nitrogens with zero attached hydrogens (tertiary/aromatic N) is 1. The van der Waals surface area contributed by atoms with Crippen LogP contribution in [-0.2, 0) is 0 Å². The molecule has 0 unspecified atom stereocenters. The third-order valence-electron chi connectivity index (χ3n) is 1.84. The van der Waals surface area contributed by atoms with Gasteiger partial charge in [0.15, 0.2) is 0 Å². The molecule has 0 aliphatic rings. The lowest BCUT2D eigenvalue weighted by Gasteiger charge is -1.94. The van der Waals surface area contributed by atoms with Crippen LogP contribution in [0.2, 0.25) is 5.02 Å². The van der Waals surface area contributed by atoms with Crippen LogP contribution in [0.4, 0.5) is 0 Å². The molecule has 0 saturated carbocycles. The van der Waals surface area contributed by atoms with E-state index < -0.39 is 5.63 Å². The summed E-state index contributed by atoms with van der Waals surface area (Å²) in [7, 11) is 0. The molecule has 0 amide bonds. The van der Waals surface area contributed by atoms with Gasteiger partial charge >= 0.3 is 5.63 Å². The lowest BCUT2D eigenvalue weighted by molar-refractivity contribution is -0.670. The van der Waals surface area contributed by atoms with Crippen LogP contribution >= 0.6 is 11.6 Å². The molecule has 72 valence electrons. The maximum absolute atomic E-state index is 10.8. The van der Waals surface area contributed by atoms with Crippen LogP contribution in [0.1, 0.15) is 5.56 Å². The fraction of sp³-hybridized carbons (Fsp3) is 0.111. The first-order valence-electron chi connectivity index (χ1n) is 4.03. The summed E-state index contributed by atoms with van der Waals surface area (Å²) in [5.74, 6) is 0. The number of nitrogens with one attached hydrogen (secondary N) is 1. The minimum Gasteiger partial charge on any atom is -0.283 e. The zero-order valence-corrected chi connectivity index (χ0v) is 8.21. The Morgan fingerprint density at radius 1 is 1.50 bits per heavy atom. The van der Waals surface area contributed by atoms with Gasteiger partial charge in [0.25, 0.3) is 11.9 Å². The van der Waals surface area contributed by atoms with E-state index in [0.717, 1.165) is 5.56 Å². The zero-order valence-electron chi connectivity index (χ0n) is 7.45. The molecule has 0 bridgehead atoms. The van der Waals surface area contributed by atoms with Crippen molar-refractivity contribution in [1.82, 2.24) is 5.27 Å². The van der Waals surface area contributed by atoms with Gasteiger partial charge in [0.2, 0.25) is 0 Å². The van der Waals surface area contributed by atoms with Crippen molar-refractivity contribution in [2.75, 3.05) is 0 Å². The van der Waals surface area contributed by atoms with Crippen molar-refractivity contribution in [2.24, 2.45) is 0 Å². The molecule has 14 heavy (non-hydrogen) atoms. The van der Waals surface area contributed by atoms with Gasteiger partial charge in [-0.2, -0.15) is 0 Å². The first-order valence-corrected chi connectivity index (χ1v) is 4.41. The maximum Gasteiger partial charge on any atom is 0.427 e. The van der Waals surface area contributed by atoms with Crippen molar-refractivity contribution in [3.05, 3.63) is 45.4 Å². The Kier molecular flexibility index (Phi) is 2.13. The SMILES string of the molecule is Cc1ccc(-[n+]2cc(=O)o[nH]2)c(Cl)c1. The Morgan fingerprint density at radius 3 is 2.86 bits per heavy atom. The number of benzene rings is 1. The fourth-order valence-corrected chi connectivity index (χ4v) is 1.50. The molecule has 5 heteroatoms. The molecular weight excluding hydrogens is 204 g/mol. The first-order chi connectivity index (χ1) is 6.66. The largest absolute Gasteiger partial charge is 0.427 e. The van der Waals surface area contributed by atoms with E-state index in [4.69, 9.17) is 11.6 Å². The van der Waals surface area contributed by atoms with E-state index in [0.29, 0.717) is 10.7 Å². The van der Waals surface area contributed by atoms with E-state index in [1.807, 2.05) is 25.1 Å². The maximum atomic E-state index is 10.8. The third kappa shape index (κ3) is 1.56. The van der Waals surface area contributed by atoms with Gasteiger partial charge in [-0.3, -0.25) is 4.52 Å². The highest BCUT2D eigenvalue weighted by molar-refractivity contribution is 6.32. The summed E-state index contributed by atoms with van der Waals surface area (Å²) >= 11 is 5.99. The number of aromatic amines is 1.